The van der Waals surface area contributed by atoms with Crippen molar-refractivity contribution in [2.24, 2.45) is 0 Å². The van der Waals surface area contributed by atoms with Crippen LogP contribution in [-0.4, -0.2) is 45.4 Å². The Balaban J connectivity index is 2.49. The molecule has 1 saturated heterocycles. The number of amides is 1. The predicted octanol–water partition coefficient (Wildman–Crippen LogP) is 1.38. The van der Waals surface area contributed by atoms with Crippen molar-refractivity contribution >= 4 is 16.9 Å². The Hall–Kier alpha value is -0.580. The number of carbonyl (C=O) groups is 1. The second-order valence-corrected chi connectivity index (χ2v) is 6.37. The van der Waals surface area contributed by atoms with Gasteiger partial charge < -0.3 is 9.64 Å². The van der Waals surface area contributed by atoms with Crippen LogP contribution in [0.2, 0.25) is 0 Å². The summed E-state index contributed by atoms with van der Waals surface area (Å²) in [5.74, 6) is 1.26. The minimum absolute atomic E-state index is 0.290. The van der Waals surface area contributed by atoms with Gasteiger partial charge in [-0.1, -0.05) is 0 Å². The molecular formula is C10H19NO3S. The lowest BCUT2D eigenvalue weighted by Gasteiger charge is -2.26. The first-order valence-corrected chi connectivity index (χ1v) is 6.70. The summed E-state index contributed by atoms with van der Waals surface area (Å²) in [6, 6.07) is 0. The summed E-state index contributed by atoms with van der Waals surface area (Å²) < 4.78 is 16.5. The predicted molar refractivity (Wildman–Crippen MR) is 60.3 cm³/mol. The maximum absolute atomic E-state index is 11.7. The third kappa shape index (κ3) is 4.64. The molecule has 1 rings (SSSR count). The molecule has 1 fully saturated rings. The van der Waals surface area contributed by atoms with Crippen LogP contribution in [0, 0.1) is 0 Å². The number of nitrogens with zero attached hydrogens (tertiary/aromatic N) is 1. The van der Waals surface area contributed by atoms with Crippen LogP contribution in [0.5, 0.6) is 0 Å². The third-order valence-corrected chi connectivity index (χ3v) is 3.42. The topological polar surface area (TPSA) is 46.6 Å². The fourth-order valence-corrected chi connectivity index (χ4v) is 2.43. The van der Waals surface area contributed by atoms with E-state index >= 15 is 0 Å². The van der Waals surface area contributed by atoms with Crippen LogP contribution in [0.4, 0.5) is 4.79 Å². The van der Waals surface area contributed by atoms with Crippen molar-refractivity contribution in [3.8, 4) is 0 Å². The number of carbonyl (C=O) groups excluding carboxylic acids is 1. The Labute approximate surface area is 93.4 Å². The Bertz CT molecular complexity index is 260. The van der Waals surface area contributed by atoms with Crippen molar-refractivity contribution in [3.05, 3.63) is 0 Å². The maximum Gasteiger partial charge on any atom is 0.410 e. The van der Waals surface area contributed by atoms with Crippen LogP contribution >= 0.6 is 0 Å². The van der Waals surface area contributed by atoms with E-state index in [0.717, 1.165) is 6.42 Å². The van der Waals surface area contributed by atoms with Gasteiger partial charge in [0.05, 0.1) is 0 Å². The lowest BCUT2D eigenvalue weighted by Crippen LogP contribution is -2.38. The first-order chi connectivity index (χ1) is 6.88. The summed E-state index contributed by atoms with van der Waals surface area (Å²) in [4.78, 5) is 13.3. The SMILES string of the molecule is CC(C)(C)OC(=O)N1CCCS(=O)CC1. The fourth-order valence-electron chi connectivity index (χ4n) is 1.35. The first-order valence-electron chi connectivity index (χ1n) is 5.21. The number of hydrogen-bond acceptors (Lipinski definition) is 3. The van der Waals surface area contributed by atoms with Crippen molar-refractivity contribution in [2.45, 2.75) is 32.8 Å². The molecule has 15 heavy (non-hydrogen) atoms. The molecule has 0 spiro atoms. The highest BCUT2D eigenvalue weighted by Gasteiger charge is 2.23. The van der Waals surface area contributed by atoms with Crippen LogP contribution in [-0.2, 0) is 15.5 Å². The molecule has 0 aromatic heterocycles. The second kappa shape index (κ2) is 4.96. The molecule has 88 valence electrons. The van der Waals surface area contributed by atoms with Crippen LogP contribution in [0.3, 0.4) is 0 Å². The molecule has 0 bridgehead atoms. The average molecular weight is 233 g/mol. The minimum Gasteiger partial charge on any atom is -0.444 e. The summed E-state index contributed by atoms with van der Waals surface area (Å²) in [5.41, 5.74) is -0.456. The highest BCUT2D eigenvalue weighted by Crippen LogP contribution is 2.11. The number of rotatable bonds is 0. The quantitative estimate of drug-likeness (QED) is 0.635. The van der Waals surface area contributed by atoms with Gasteiger partial charge in [-0.25, -0.2) is 4.79 Å². The van der Waals surface area contributed by atoms with Crippen LogP contribution in [0.25, 0.3) is 0 Å². The molecule has 0 N–H and O–H groups in total. The van der Waals surface area contributed by atoms with Gasteiger partial charge in [-0.15, -0.1) is 0 Å². The smallest absolute Gasteiger partial charge is 0.410 e. The van der Waals surface area contributed by atoms with Crippen LogP contribution in [0.1, 0.15) is 27.2 Å². The van der Waals surface area contributed by atoms with Gasteiger partial charge in [-0.2, -0.15) is 0 Å². The summed E-state index contributed by atoms with van der Waals surface area (Å²) in [7, 11) is -0.767. The van der Waals surface area contributed by atoms with Gasteiger partial charge in [0.2, 0.25) is 0 Å². The molecule has 1 amide bonds. The summed E-state index contributed by atoms with van der Waals surface area (Å²) in [6.07, 6.45) is 0.507. The van der Waals surface area contributed by atoms with E-state index in [-0.39, 0.29) is 6.09 Å². The van der Waals surface area contributed by atoms with Crippen molar-refractivity contribution in [2.75, 3.05) is 24.6 Å². The molecule has 0 aromatic rings. The fraction of sp³-hybridized carbons (Fsp3) is 0.900. The van der Waals surface area contributed by atoms with E-state index in [1.807, 2.05) is 20.8 Å². The van der Waals surface area contributed by atoms with Gasteiger partial charge in [0.25, 0.3) is 0 Å². The summed E-state index contributed by atoms with van der Waals surface area (Å²) in [5, 5.41) is 0. The minimum atomic E-state index is -0.767. The molecule has 0 radical (unpaired) electrons. The molecule has 4 nitrogen and oxygen atoms in total. The first kappa shape index (κ1) is 12.5. The zero-order valence-corrected chi connectivity index (χ0v) is 10.4. The average Bonchev–Trinajstić information content (AvgIpc) is 2.26. The zero-order valence-electron chi connectivity index (χ0n) is 9.62. The summed E-state index contributed by atoms with van der Waals surface area (Å²) >= 11 is 0. The molecular weight excluding hydrogens is 214 g/mol. The van der Waals surface area contributed by atoms with Gasteiger partial charge in [0.1, 0.15) is 5.60 Å². The standard InChI is InChI=1S/C10H19NO3S/c1-10(2,3)14-9(12)11-5-4-7-15(13)8-6-11/h4-8H2,1-3H3. The third-order valence-electron chi connectivity index (χ3n) is 2.04. The highest BCUT2D eigenvalue weighted by atomic mass is 32.2. The molecule has 0 aliphatic carbocycles. The van der Waals surface area contributed by atoms with E-state index < -0.39 is 16.4 Å². The van der Waals surface area contributed by atoms with E-state index in [0.29, 0.717) is 24.6 Å². The van der Waals surface area contributed by atoms with Crippen molar-refractivity contribution in [1.29, 1.82) is 0 Å². The lowest BCUT2D eigenvalue weighted by molar-refractivity contribution is 0.0265. The van der Waals surface area contributed by atoms with E-state index in [1.54, 1.807) is 4.90 Å². The van der Waals surface area contributed by atoms with E-state index in [2.05, 4.69) is 0 Å². The van der Waals surface area contributed by atoms with E-state index in [4.69, 9.17) is 4.74 Å². The second-order valence-electron chi connectivity index (χ2n) is 4.67. The van der Waals surface area contributed by atoms with Gasteiger partial charge >= 0.3 is 6.09 Å². The summed E-state index contributed by atoms with van der Waals surface area (Å²) in [6.45, 7) is 6.74. The van der Waals surface area contributed by atoms with Crippen molar-refractivity contribution in [1.82, 2.24) is 4.90 Å². The molecule has 5 heteroatoms. The monoisotopic (exact) mass is 233 g/mol. The molecule has 0 saturated carbocycles. The lowest BCUT2D eigenvalue weighted by atomic mass is 10.2. The normalized spacial score (nSPS) is 23.4. The van der Waals surface area contributed by atoms with E-state index in [1.165, 1.54) is 0 Å². The number of ether oxygens (including phenoxy) is 1. The Morgan fingerprint density at radius 1 is 1.27 bits per heavy atom. The molecule has 1 aliphatic rings. The number of hydrogen-bond donors (Lipinski definition) is 0. The Kier molecular flexibility index (Phi) is 4.13. The molecule has 1 heterocycles. The van der Waals surface area contributed by atoms with Crippen molar-refractivity contribution in [3.63, 3.8) is 0 Å². The Morgan fingerprint density at radius 2 is 1.93 bits per heavy atom. The zero-order chi connectivity index (χ0) is 11.5. The van der Waals surface area contributed by atoms with Gasteiger partial charge in [-0.05, 0) is 27.2 Å². The largest absolute Gasteiger partial charge is 0.444 e. The van der Waals surface area contributed by atoms with E-state index in [9.17, 15) is 9.00 Å². The van der Waals surface area contributed by atoms with Gasteiger partial charge in [-0.3, -0.25) is 4.21 Å². The van der Waals surface area contributed by atoms with Crippen molar-refractivity contribution < 1.29 is 13.7 Å². The molecule has 1 unspecified atom stereocenters. The molecule has 1 aliphatic heterocycles. The van der Waals surface area contributed by atoms with Gasteiger partial charge in [0, 0.05) is 35.4 Å². The van der Waals surface area contributed by atoms with Crippen LogP contribution in [0.15, 0.2) is 0 Å². The Morgan fingerprint density at radius 3 is 2.53 bits per heavy atom. The molecule has 0 aromatic carbocycles. The highest BCUT2D eigenvalue weighted by molar-refractivity contribution is 7.85. The van der Waals surface area contributed by atoms with Gasteiger partial charge in [0.15, 0.2) is 0 Å². The maximum atomic E-state index is 11.7. The van der Waals surface area contributed by atoms with Crippen LogP contribution < -0.4 is 0 Å². The molecule has 1 atom stereocenters.